The quantitative estimate of drug-likeness (QED) is 0.501. The Labute approximate surface area is 224 Å². The highest BCUT2D eigenvalue weighted by Crippen LogP contribution is 2.39. The number of rotatable bonds is 5. The number of amides is 3. The number of ether oxygens (including phenoxy) is 1. The second kappa shape index (κ2) is 9.48. The monoisotopic (exact) mass is 533 g/mol. The van der Waals surface area contributed by atoms with Crippen LogP contribution >= 0.6 is 0 Å². The molecule has 0 saturated carbocycles. The molecule has 39 heavy (non-hydrogen) atoms. The zero-order valence-corrected chi connectivity index (χ0v) is 21.9. The summed E-state index contributed by atoms with van der Waals surface area (Å²) in [7, 11) is 3.28. The summed E-state index contributed by atoms with van der Waals surface area (Å²) in [5.41, 5.74) is 2.71. The number of piperazine rings is 1. The third kappa shape index (κ3) is 4.03. The molecule has 1 N–H and O–H groups in total. The zero-order chi connectivity index (χ0) is 27.4. The van der Waals surface area contributed by atoms with Gasteiger partial charge in [-0.2, -0.15) is 0 Å². The number of aryl methyl sites for hydroxylation is 1. The average Bonchev–Trinajstić information content (AvgIpc) is 3.34. The van der Waals surface area contributed by atoms with Gasteiger partial charge in [0.2, 0.25) is 5.91 Å². The Morgan fingerprint density at radius 1 is 1.00 bits per heavy atom. The lowest BCUT2D eigenvalue weighted by Gasteiger charge is -2.41. The minimum atomic E-state index is -0.909. The standard InChI is InChI=1S/C28H31N5O6/c1-29-25-21(32-18-8-9-19(32)16-30(15-18)28(37)38)4-3-5-22(25)33(27(29)36)23-12-13-24(34)31(26(23)35)14-17-6-10-20(39-2)11-7-17/h3-7,10-11,18-19,23H,8-9,12-16H2,1-2H3,(H,37,38)/t18-,19+,23?. The summed E-state index contributed by atoms with van der Waals surface area (Å²) in [6.07, 6.45) is 1.26. The first-order chi connectivity index (χ1) is 18.8. The smallest absolute Gasteiger partial charge is 0.407 e. The van der Waals surface area contributed by atoms with E-state index >= 15 is 0 Å². The number of imidazole rings is 1. The predicted molar refractivity (Wildman–Crippen MR) is 143 cm³/mol. The molecule has 204 valence electrons. The van der Waals surface area contributed by atoms with E-state index in [9.17, 15) is 24.3 Å². The van der Waals surface area contributed by atoms with Crippen LogP contribution in [0.2, 0.25) is 0 Å². The van der Waals surface area contributed by atoms with E-state index in [1.54, 1.807) is 30.9 Å². The van der Waals surface area contributed by atoms with Crippen molar-refractivity contribution >= 4 is 34.6 Å². The Morgan fingerprint density at radius 3 is 2.33 bits per heavy atom. The molecule has 3 atom stereocenters. The van der Waals surface area contributed by atoms with Gasteiger partial charge in [0.05, 0.1) is 30.4 Å². The van der Waals surface area contributed by atoms with Crippen LogP contribution in [-0.4, -0.2) is 74.2 Å². The van der Waals surface area contributed by atoms with E-state index < -0.39 is 18.0 Å². The summed E-state index contributed by atoms with van der Waals surface area (Å²) in [6.45, 7) is 0.959. The van der Waals surface area contributed by atoms with Crippen LogP contribution in [0, 0.1) is 0 Å². The van der Waals surface area contributed by atoms with Gasteiger partial charge >= 0.3 is 11.8 Å². The number of methoxy groups -OCH3 is 1. The van der Waals surface area contributed by atoms with Gasteiger partial charge in [-0.15, -0.1) is 0 Å². The highest BCUT2D eigenvalue weighted by molar-refractivity contribution is 6.00. The van der Waals surface area contributed by atoms with E-state index in [0.29, 0.717) is 24.4 Å². The predicted octanol–water partition coefficient (Wildman–Crippen LogP) is 2.57. The van der Waals surface area contributed by atoms with Crippen LogP contribution < -0.4 is 15.3 Å². The van der Waals surface area contributed by atoms with Crippen LogP contribution in [0.5, 0.6) is 5.75 Å². The molecule has 3 saturated heterocycles. The molecule has 6 rings (SSSR count). The number of anilines is 1. The molecule has 1 aromatic heterocycles. The van der Waals surface area contributed by atoms with Gasteiger partial charge in [0.25, 0.3) is 5.91 Å². The number of nitrogens with zero attached hydrogens (tertiary/aromatic N) is 5. The molecule has 3 aliphatic rings. The number of fused-ring (bicyclic) bond motifs is 3. The molecule has 3 aliphatic heterocycles. The highest BCUT2D eigenvalue weighted by atomic mass is 16.5. The number of para-hydroxylation sites is 1. The minimum Gasteiger partial charge on any atom is -0.497 e. The van der Waals surface area contributed by atoms with Gasteiger partial charge in [0, 0.05) is 38.6 Å². The first kappa shape index (κ1) is 25.0. The number of imide groups is 1. The normalized spacial score (nSPS) is 23.1. The molecular weight excluding hydrogens is 502 g/mol. The van der Waals surface area contributed by atoms with Crippen molar-refractivity contribution in [3.8, 4) is 5.75 Å². The molecule has 3 aromatic rings. The van der Waals surface area contributed by atoms with Crippen LogP contribution in [0.25, 0.3) is 11.0 Å². The summed E-state index contributed by atoms with van der Waals surface area (Å²) in [5.74, 6) is 0.0370. The van der Waals surface area contributed by atoms with E-state index in [1.165, 1.54) is 14.4 Å². The fourth-order valence-electron chi connectivity index (χ4n) is 6.52. The molecule has 2 bridgehead atoms. The van der Waals surface area contributed by atoms with Crippen molar-refractivity contribution in [2.75, 3.05) is 25.1 Å². The number of benzene rings is 2. The van der Waals surface area contributed by atoms with Crippen LogP contribution in [0.15, 0.2) is 47.3 Å². The molecule has 11 heteroatoms. The third-order valence-corrected chi connectivity index (χ3v) is 8.41. The lowest BCUT2D eigenvalue weighted by Crippen LogP contribution is -2.55. The zero-order valence-electron chi connectivity index (χ0n) is 21.9. The number of carbonyl (C=O) groups excluding carboxylic acids is 2. The topological polar surface area (TPSA) is 117 Å². The van der Waals surface area contributed by atoms with Gasteiger partial charge < -0.3 is 19.6 Å². The fraction of sp³-hybridized carbons (Fsp3) is 0.429. The van der Waals surface area contributed by atoms with Gasteiger partial charge in [-0.3, -0.25) is 23.6 Å². The Hall–Kier alpha value is -4.28. The van der Waals surface area contributed by atoms with E-state index in [2.05, 4.69) is 4.90 Å². The largest absolute Gasteiger partial charge is 0.497 e. The first-order valence-corrected chi connectivity index (χ1v) is 13.2. The molecule has 0 aliphatic carbocycles. The average molecular weight is 534 g/mol. The van der Waals surface area contributed by atoms with Gasteiger partial charge in [0.1, 0.15) is 11.8 Å². The molecule has 0 spiro atoms. The molecule has 2 aromatic carbocycles. The summed E-state index contributed by atoms with van der Waals surface area (Å²) < 4.78 is 8.31. The second-order valence-corrected chi connectivity index (χ2v) is 10.6. The van der Waals surface area contributed by atoms with E-state index in [1.807, 2.05) is 30.3 Å². The molecular formula is C28H31N5O6. The van der Waals surface area contributed by atoms with Crippen LogP contribution in [0.1, 0.15) is 37.3 Å². The minimum absolute atomic E-state index is 0.0258. The van der Waals surface area contributed by atoms with E-state index in [-0.39, 0.29) is 43.1 Å². The first-order valence-electron chi connectivity index (χ1n) is 13.2. The molecule has 4 heterocycles. The Bertz CT molecular complexity index is 1510. The molecule has 3 fully saturated rings. The second-order valence-electron chi connectivity index (χ2n) is 10.6. The Kier molecular flexibility index (Phi) is 6.08. The van der Waals surface area contributed by atoms with Crippen LogP contribution in [0.3, 0.4) is 0 Å². The maximum Gasteiger partial charge on any atom is 0.407 e. The third-order valence-electron chi connectivity index (χ3n) is 8.41. The van der Waals surface area contributed by atoms with Crippen molar-refractivity contribution in [2.24, 2.45) is 7.05 Å². The Balaban J connectivity index is 1.36. The maximum atomic E-state index is 13.7. The van der Waals surface area contributed by atoms with Crippen molar-refractivity contribution in [1.29, 1.82) is 0 Å². The SMILES string of the molecule is COc1ccc(CN2C(=O)CCC(n3c(=O)n(C)c4c(N5[C@@H]6CC[C@H]5CN(C(=O)O)C6)cccc43)C2=O)cc1. The lowest BCUT2D eigenvalue weighted by molar-refractivity contribution is -0.151. The van der Waals surface area contributed by atoms with Gasteiger partial charge in [-0.25, -0.2) is 9.59 Å². The van der Waals surface area contributed by atoms with Gasteiger partial charge in [-0.05, 0) is 49.1 Å². The number of piperidine rings is 1. The van der Waals surface area contributed by atoms with Crippen molar-refractivity contribution in [3.63, 3.8) is 0 Å². The molecule has 0 radical (unpaired) electrons. The van der Waals surface area contributed by atoms with Crippen LogP contribution in [-0.2, 0) is 23.2 Å². The van der Waals surface area contributed by atoms with Gasteiger partial charge in [-0.1, -0.05) is 18.2 Å². The number of hydrogen-bond acceptors (Lipinski definition) is 6. The number of hydrogen-bond donors (Lipinski definition) is 1. The number of carbonyl (C=O) groups is 3. The van der Waals surface area contributed by atoms with Crippen LogP contribution in [0.4, 0.5) is 10.5 Å². The number of aromatic nitrogens is 2. The number of carboxylic acid groups (broad SMARTS) is 1. The molecule has 3 amide bonds. The van der Waals surface area contributed by atoms with Crippen molar-refractivity contribution < 1.29 is 24.2 Å². The fourth-order valence-corrected chi connectivity index (χ4v) is 6.52. The van der Waals surface area contributed by atoms with Gasteiger partial charge in [0.15, 0.2) is 0 Å². The molecule has 1 unspecified atom stereocenters. The summed E-state index contributed by atoms with van der Waals surface area (Å²) in [4.78, 5) is 56.8. The van der Waals surface area contributed by atoms with Crippen molar-refractivity contribution in [3.05, 3.63) is 58.5 Å². The summed E-state index contributed by atoms with van der Waals surface area (Å²) in [5, 5.41) is 9.53. The van der Waals surface area contributed by atoms with Crippen molar-refractivity contribution in [2.45, 2.75) is 50.4 Å². The van der Waals surface area contributed by atoms with E-state index in [4.69, 9.17) is 4.74 Å². The molecule has 11 nitrogen and oxygen atoms in total. The van der Waals surface area contributed by atoms with E-state index in [0.717, 1.165) is 29.6 Å². The number of likely N-dealkylation sites (tertiary alicyclic amines) is 2. The maximum absolute atomic E-state index is 13.7. The summed E-state index contributed by atoms with van der Waals surface area (Å²) in [6, 6.07) is 12.1. The Morgan fingerprint density at radius 2 is 1.69 bits per heavy atom. The van der Waals surface area contributed by atoms with Crippen molar-refractivity contribution in [1.82, 2.24) is 18.9 Å². The lowest BCUT2D eigenvalue weighted by atomic mass is 10.0. The highest BCUT2D eigenvalue weighted by Gasteiger charge is 2.43. The summed E-state index contributed by atoms with van der Waals surface area (Å²) >= 11 is 0.